The number of ether oxygens (including phenoxy) is 2. The lowest BCUT2D eigenvalue weighted by Crippen LogP contribution is -2.51. The van der Waals surface area contributed by atoms with E-state index < -0.39 is 32.4 Å². The first-order valence-corrected chi connectivity index (χ1v) is 14.6. The first-order chi connectivity index (χ1) is 18.4. The van der Waals surface area contributed by atoms with E-state index in [9.17, 15) is 4.57 Å². The molecule has 0 aromatic heterocycles. The molecule has 0 radical (unpaired) electrons. The number of nitrogens with one attached hydrogen (secondary N) is 2. The molecule has 4 aliphatic rings. The number of hydrogen-bond acceptors (Lipinski definition) is 12. The minimum atomic E-state index is -3.84. The van der Waals surface area contributed by atoms with Gasteiger partial charge in [0.1, 0.15) is 42.3 Å². The number of methoxy groups -OCH3 is 1. The summed E-state index contributed by atoms with van der Waals surface area (Å²) in [5, 5.41) is 6.80. The smallest absolute Gasteiger partial charge is 0.382 e. The Bertz CT molecular complexity index is 1280. The summed E-state index contributed by atoms with van der Waals surface area (Å²) in [5.41, 5.74) is 8.70. The summed E-state index contributed by atoms with van der Waals surface area (Å²) in [7, 11) is -2.25. The maximum Gasteiger partial charge on any atom is 0.475 e. The largest absolute Gasteiger partial charge is 0.475 e. The average Bonchev–Trinajstić information content (AvgIpc) is 3.47. The highest BCUT2D eigenvalue weighted by atomic mass is 32.2. The second kappa shape index (κ2) is 10.5. The fraction of sp³-hybridized carbons (Fsp3) is 0.400. The van der Waals surface area contributed by atoms with Crippen LogP contribution in [0.25, 0.3) is 0 Å². The molecule has 6 atom stereocenters. The van der Waals surface area contributed by atoms with Gasteiger partial charge in [0.05, 0.1) is 13.2 Å². The van der Waals surface area contributed by atoms with Gasteiger partial charge < -0.3 is 25.8 Å². The fourth-order valence-electron chi connectivity index (χ4n) is 4.84. The quantitative estimate of drug-likeness (QED) is 0.433. The van der Waals surface area contributed by atoms with Crippen LogP contribution in [0.15, 0.2) is 76.0 Å². The number of phosphoric ester groups is 1. The Morgan fingerprint density at radius 1 is 1.21 bits per heavy atom. The molecule has 2 fully saturated rings. The monoisotopic (exact) mass is 559 g/mol. The highest BCUT2D eigenvalue weighted by Crippen LogP contribution is 2.57. The van der Waals surface area contributed by atoms with Crippen LogP contribution in [0.2, 0.25) is 0 Å². The van der Waals surface area contributed by atoms with Crippen LogP contribution in [-0.2, 0) is 34.2 Å². The van der Waals surface area contributed by atoms with Crippen LogP contribution in [0.3, 0.4) is 0 Å². The van der Waals surface area contributed by atoms with Crippen LogP contribution in [0.4, 0.5) is 0 Å². The first-order valence-electron chi connectivity index (χ1n) is 12.3. The van der Waals surface area contributed by atoms with E-state index >= 15 is 0 Å². The van der Waals surface area contributed by atoms with E-state index in [0.29, 0.717) is 18.2 Å². The van der Waals surface area contributed by atoms with Crippen LogP contribution in [0, 0.1) is 6.92 Å². The Hall–Kier alpha value is -2.57. The zero-order chi connectivity index (χ0) is 26.3. The molecule has 0 spiro atoms. The number of nitrogens with zero attached hydrogens (tertiary/aromatic N) is 2. The van der Waals surface area contributed by atoms with Crippen LogP contribution in [-0.4, -0.2) is 61.2 Å². The molecule has 4 heterocycles. The van der Waals surface area contributed by atoms with E-state index in [1.807, 2.05) is 35.2 Å². The van der Waals surface area contributed by atoms with Crippen molar-refractivity contribution in [2.45, 2.75) is 48.5 Å². The lowest BCUT2D eigenvalue weighted by molar-refractivity contribution is -0.0968. The first kappa shape index (κ1) is 25.7. The third kappa shape index (κ3) is 4.93. The standard InChI is InChI=1S/C25H30N5O6PS/c1-15-8-10-17(11-9-15)38-25-29-19-22(26)27-14-28-23(19)30(25)24-21(32-2)20-18(35-24)13-34-37(31,36-20)33-12-16-6-4-3-5-7-16/h3-11,18,20-21,24-25,28-29H,12-14H2,1-2H3,(H2,26,27)/t18-,20?,21?,24-,25?,37-/m1/s1. The number of fused-ring (bicyclic) bond motifs is 1. The van der Waals surface area contributed by atoms with Gasteiger partial charge in [-0.25, -0.2) is 9.56 Å². The molecular weight excluding hydrogens is 529 g/mol. The van der Waals surface area contributed by atoms with Gasteiger partial charge >= 0.3 is 7.82 Å². The molecule has 3 unspecified atom stereocenters. The Kier molecular flexibility index (Phi) is 7.12. The molecule has 2 saturated heterocycles. The number of nitrogens with two attached hydrogens (primary N) is 1. The third-order valence-electron chi connectivity index (χ3n) is 6.75. The molecule has 6 rings (SSSR count). The summed E-state index contributed by atoms with van der Waals surface area (Å²) in [6, 6.07) is 17.7. The number of rotatable bonds is 7. The predicted octanol–water partition coefficient (Wildman–Crippen LogP) is 2.84. The topological polar surface area (TPSA) is 129 Å². The molecule has 0 bridgehead atoms. The van der Waals surface area contributed by atoms with Crippen molar-refractivity contribution in [1.29, 1.82) is 0 Å². The van der Waals surface area contributed by atoms with Gasteiger partial charge in [0, 0.05) is 12.0 Å². The minimum Gasteiger partial charge on any atom is -0.382 e. The molecule has 0 saturated carbocycles. The minimum absolute atomic E-state index is 0.0487. The lowest BCUT2D eigenvalue weighted by Gasteiger charge is -2.36. The van der Waals surface area contributed by atoms with Gasteiger partial charge in [-0.1, -0.05) is 59.8 Å². The second-order valence-corrected chi connectivity index (χ2v) is 12.0. The molecule has 2 aromatic carbocycles. The normalized spacial score (nSPS) is 32.3. The van der Waals surface area contributed by atoms with Gasteiger partial charge in [-0.3, -0.25) is 18.5 Å². The Labute approximate surface area is 225 Å². The van der Waals surface area contributed by atoms with Gasteiger partial charge in [0.25, 0.3) is 0 Å². The highest BCUT2D eigenvalue weighted by Gasteiger charge is 2.57. The Morgan fingerprint density at radius 3 is 2.76 bits per heavy atom. The Morgan fingerprint density at radius 2 is 2.00 bits per heavy atom. The van der Waals surface area contributed by atoms with Crippen LogP contribution < -0.4 is 16.4 Å². The van der Waals surface area contributed by atoms with Crippen LogP contribution in [0.5, 0.6) is 0 Å². The molecule has 4 aliphatic heterocycles. The highest BCUT2D eigenvalue weighted by molar-refractivity contribution is 7.99. The summed E-state index contributed by atoms with van der Waals surface area (Å²) >= 11 is 1.61. The van der Waals surface area contributed by atoms with Gasteiger partial charge in [0.2, 0.25) is 0 Å². The fourth-order valence-corrected chi connectivity index (χ4v) is 7.29. The van der Waals surface area contributed by atoms with Crippen molar-refractivity contribution in [3.63, 3.8) is 0 Å². The van der Waals surface area contributed by atoms with E-state index in [-0.39, 0.29) is 18.7 Å². The van der Waals surface area contributed by atoms with Crippen molar-refractivity contribution in [2.24, 2.45) is 10.7 Å². The van der Waals surface area contributed by atoms with E-state index in [1.165, 1.54) is 5.56 Å². The number of benzene rings is 2. The number of phosphoric acid groups is 1. The molecule has 4 N–H and O–H groups in total. The molecular formula is C25H30N5O6PS. The molecule has 0 amide bonds. The summed E-state index contributed by atoms with van der Waals surface area (Å²) in [4.78, 5) is 7.43. The average molecular weight is 560 g/mol. The Balaban J connectivity index is 1.24. The zero-order valence-corrected chi connectivity index (χ0v) is 22.7. The van der Waals surface area contributed by atoms with Gasteiger partial charge in [-0.05, 0) is 24.6 Å². The van der Waals surface area contributed by atoms with E-state index in [1.54, 1.807) is 18.9 Å². The van der Waals surface area contributed by atoms with Crippen molar-refractivity contribution in [2.75, 3.05) is 20.4 Å². The maximum absolute atomic E-state index is 13.4. The van der Waals surface area contributed by atoms with Crippen LogP contribution >= 0.6 is 19.6 Å². The van der Waals surface area contributed by atoms with Crippen molar-refractivity contribution in [3.8, 4) is 0 Å². The molecule has 0 aliphatic carbocycles. The summed E-state index contributed by atoms with van der Waals surface area (Å²) in [5.74, 6) is 1.18. The van der Waals surface area contributed by atoms with Crippen molar-refractivity contribution in [1.82, 2.24) is 15.5 Å². The number of thioether (sulfide) groups is 1. The van der Waals surface area contributed by atoms with Crippen molar-refractivity contribution >= 4 is 25.4 Å². The number of amidine groups is 1. The van der Waals surface area contributed by atoms with E-state index in [4.69, 9.17) is 28.8 Å². The van der Waals surface area contributed by atoms with Gasteiger partial charge in [0.15, 0.2) is 11.7 Å². The van der Waals surface area contributed by atoms with Gasteiger partial charge in [-0.2, -0.15) is 0 Å². The molecule has 11 nitrogen and oxygen atoms in total. The van der Waals surface area contributed by atoms with E-state index in [2.05, 4.69) is 46.8 Å². The second-order valence-electron chi connectivity index (χ2n) is 9.27. The molecule has 202 valence electrons. The zero-order valence-electron chi connectivity index (χ0n) is 21.0. The summed E-state index contributed by atoms with van der Waals surface area (Å²) in [6.45, 7) is 2.54. The maximum atomic E-state index is 13.4. The summed E-state index contributed by atoms with van der Waals surface area (Å²) in [6.07, 6.45) is -2.35. The predicted molar refractivity (Wildman–Crippen MR) is 142 cm³/mol. The van der Waals surface area contributed by atoms with Crippen molar-refractivity contribution < 1.29 is 27.6 Å². The molecule has 2 aromatic rings. The third-order valence-corrected chi connectivity index (χ3v) is 9.27. The molecule has 13 heteroatoms. The molecule has 38 heavy (non-hydrogen) atoms. The lowest BCUT2D eigenvalue weighted by atomic mass is 10.1. The van der Waals surface area contributed by atoms with Gasteiger partial charge in [-0.15, -0.1) is 0 Å². The SMILES string of the molecule is COC1C2O[P@](=O)(OCc3ccccc3)OC[C@H]2O[C@H]1N1C2=C(NC1Sc1ccc(C)cc1)C(N)=NCN2. The van der Waals surface area contributed by atoms with Crippen LogP contribution in [0.1, 0.15) is 11.1 Å². The van der Waals surface area contributed by atoms with E-state index in [0.717, 1.165) is 16.3 Å². The number of aryl methyl sites for hydroxylation is 1. The summed E-state index contributed by atoms with van der Waals surface area (Å²) < 4.78 is 42.9. The van der Waals surface area contributed by atoms with Crippen molar-refractivity contribution in [3.05, 3.63) is 77.2 Å². The number of hydrogen-bond donors (Lipinski definition) is 3. The number of aliphatic imine (C=N–C) groups is 1.